The van der Waals surface area contributed by atoms with Gasteiger partial charge in [0.2, 0.25) is 5.91 Å². The Morgan fingerprint density at radius 1 is 1.59 bits per heavy atom. The number of alkyl halides is 1. The van der Waals surface area contributed by atoms with E-state index >= 15 is 0 Å². The minimum absolute atomic E-state index is 0.0278. The number of nitrogens with zero attached hydrogens (tertiary/aromatic N) is 1. The number of fused-ring (bicyclic) bond motifs is 1. The molecule has 0 fully saturated rings. The largest absolute Gasteiger partial charge is 0.380 e. The molecule has 1 heterocycles. The van der Waals surface area contributed by atoms with Crippen molar-refractivity contribution in [1.29, 1.82) is 0 Å². The van der Waals surface area contributed by atoms with Crippen molar-refractivity contribution < 1.29 is 9.53 Å². The van der Waals surface area contributed by atoms with Crippen LogP contribution in [0.15, 0.2) is 18.2 Å². The van der Waals surface area contributed by atoms with Crippen molar-refractivity contribution in [3.63, 3.8) is 0 Å². The molecular formula is C13H16ClNO2. The number of ether oxygens (including phenoxy) is 1. The molecule has 0 bridgehead atoms. The lowest BCUT2D eigenvalue weighted by atomic mass is 10.1. The zero-order chi connectivity index (χ0) is 12.4. The van der Waals surface area contributed by atoms with Gasteiger partial charge < -0.3 is 9.64 Å². The third-order valence-corrected chi connectivity index (χ3v) is 3.15. The molecule has 3 nitrogen and oxygen atoms in total. The number of hydrogen-bond acceptors (Lipinski definition) is 2. The van der Waals surface area contributed by atoms with Crippen molar-refractivity contribution in [1.82, 2.24) is 0 Å². The minimum atomic E-state index is -0.480. The van der Waals surface area contributed by atoms with Crippen LogP contribution in [0, 0.1) is 0 Å². The molecule has 1 aliphatic rings. The molecule has 0 aliphatic carbocycles. The standard InChI is InChI=1S/C13H16ClNO2/c1-9(14)13(16)15-6-5-11-4-3-10(8-17-2)7-12(11)15/h3-4,7,9H,5-6,8H2,1-2H3. The van der Waals surface area contributed by atoms with Crippen molar-refractivity contribution in [2.45, 2.75) is 25.3 Å². The molecule has 1 aromatic rings. The number of carbonyl (C=O) groups is 1. The molecule has 4 heteroatoms. The Labute approximate surface area is 106 Å². The van der Waals surface area contributed by atoms with E-state index in [-0.39, 0.29) is 5.91 Å². The Kier molecular flexibility index (Phi) is 3.69. The van der Waals surface area contributed by atoms with E-state index < -0.39 is 5.38 Å². The van der Waals surface area contributed by atoms with Crippen LogP contribution in [-0.2, 0) is 22.6 Å². The van der Waals surface area contributed by atoms with Crippen LogP contribution in [0.25, 0.3) is 0 Å². The van der Waals surface area contributed by atoms with Crippen LogP contribution in [-0.4, -0.2) is 24.9 Å². The topological polar surface area (TPSA) is 29.5 Å². The minimum Gasteiger partial charge on any atom is -0.380 e. The van der Waals surface area contributed by atoms with Crippen molar-refractivity contribution in [2.75, 3.05) is 18.6 Å². The number of benzene rings is 1. The number of rotatable bonds is 3. The molecule has 0 saturated carbocycles. The first kappa shape index (κ1) is 12.4. The van der Waals surface area contributed by atoms with Crippen LogP contribution < -0.4 is 4.90 Å². The molecule has 1 aromatic carbocycles. The van der Waals surface area contributed by atoms with Gasteiger partial charge in [0.25, 0.3) is 0 Å². The number of hydrogen-bond donors (Lipinski definition) is 0. The fraction of sp³-hybridized carbons (Fsp3) is 0.462. The summed E-state index contributed by atoms with van der Waals surface area (Å²) in [5, 5.41) is -0.480. The van der Waals surface area contributed by atoms with E-state index in [1.54, 1.807) is 18.9 Å². The quantitative estimate of drug-likeness (QED) is 0.774. The summed E-state index contributed by atoms with van der Waals surface area (Å²) in [5.41, 5.74) is 3.26. The van der Waals surface area contributed by atoms with Gasteiger partial charge in [-0.05, 0) is 30.5 Å². The number of amides is 1. The van der Waals surface area contributed by atoms with Crippen molar-refractivity contribution in [3.8, 4) is 0 Å². The predicted molar refractivity (Wildman–Crippen MR) is 68.5 cm³/mol. The average Bonchev–Trinajstić information content (AvgIpc) is 2.71. The van der Waals surface area contributed by atoms with Crippen molar-refractivity contribution >= 4 is 23.2 Å². The van der Waals surface area contributed by atoms with E-state index in [1.807, 2.05) is 12.1 Å². The van der Waals surface area contributed by atoms with Crippen molar-refractivity contribution in [3.05, 3.63) is 29.3 Å². The first-order chi connectivity index (χ1) is 8.13. The van der Waals surface area contributed by atoms with Gasteiger partial charge in [-0.3, -0.25) is 4.79 Å². The average molecular weight is 254 g/mol. The summed E-state index contributed by atoms with van der Waals surface area (Å²) in [7, 11) is 1.66. The fourth-order valence-corrected chi connectivity index (χ4v) is 2.24. The zero-order valence-electron chi connectivity index (χ0n) is 10.1. The monoisotopic (exact) mass is 253 g/mol. The Hall–Kier alpha value is -1.06. The summed E-state index contributed by atoms with van der Waals surface area (Å²) in [5.74, 6) is -0.0278. The summed E-state index contributed by atoms with van der Waals surface area (Å²) < 4.78 is 5.10. The maximum Gasteiger partial charge on any atom is 0.244 e. The van der Waals surface area contributed by atoms with Gasteiger partial charge in [0.1, 0.15) is 5.38 Å². The summed E-state index contributed by atoms with van der Waals surface area (Å²) in [6.07, 6.45) is 0.901. The summed E-state index contributed by atoms with van der Waals surface area (Å²) >= 11 is 5.86. The molecule has 0 spiro atoms. The first-order valence-corrected chi connectivity index (χ1v) is 6.13. The lowest BCUT2D eigenvalue weighted by Crippen LogP contribution is -2.34. The van der Waals surface area contributed by atoms with Gasteiger partial charge in [0.15, 0.2) is 0 Å². The summed E-state index contributed by atoms with van der Waals surface area (Å²) in [6.45, 7) is 2.99. The van der Waals surface area contributed by atoms with E-state index in [0.717, 1.165) is 24.2 Å². The number of carbonyl (C=O) groups excluding carboxylic acids is 1. The number of halogens is 1. The second-order valence-corrected chi connectivity index (χ2v) is 4.91. The van der Waals surface area contributed by atoms with Gasteiger partial charge in [0.05, 0.1) is 6.61 Å². The highest BCUT2D eigenvalue weighted by molar-refractivity contribution is 6.32. The number of methoxy groups -OCH3 is 1. The second kappa shape index (κ2) is 5.07. The maximum atomic E-state index is 11.9. The lowest BCUT2D eigenvalue weighted by Gasteiger charge is -2.19. The Bertz CT molecular complexity index is 431. The van der Waals surface area contributed by atoms with Crippen LogP contribution >= 0.6 is 11.6 Å². The predicted octanol–water partition coefficient (Wildman–Crippen LogP) is 2.35. The Morgan fingerprint density at radius 3 is 3.00 bits per heavy atom. The molecule has 1 unspecified atom stereocenters. The van der Waals surface area contributed by atoms with E-state index in [4.69, 9.17) is 16.3 Å². The smallest absolute Gasteiger partial charge is 0.244 e. The van der Waals surface area contributed by atoms with Crippen LogP contribution in [0.4, 0.5) is 5.69 Å². The van der Waals surface area contributed by atoms with Crippen LogP contribution in [0.5, 0.6) is 0 Å². The SMILES string of the molecule is COCc1ccc2c(c1)N(C(=O)C(C)Cl)CC2. The highest BCUT2D eigenvalue weighted by atomic mass is 35.5. The second-order valence-electron chi connectivity index (χ2n) is 4.25. The van der Waals surface area contributed by atoms with E-state index in [0.29, 0.717) is 6.61 Å². The van der Waals surface area contributed by atoms with E-state index in [2.05, 4.69) is 6.07 Å². The molecule has 17 heavy (non-hydrogen) atoms. The highest BCUT2D eigenvalue weighted by Gasteiger charge is 2.27. The fourth-order valence-electron chi connectivity index (χ4n) is 2.12. The molecule has 1 amide bonds. The molecule has 0 aromatic heterocycles. The molecule has 1 atom stereocenters. The molecule has 92 valence electrons. The molecule has 1 aliphatic heterocycles. The third kappa shape index (κ3) is 2.45. The van der Waals surface area contributed by atoms with Gasteiger partial charge in [-0.2, -0.15) is 0 Å². The van der Waals surface area contributed by atoms with Gasteiger partial charge in [-0.25, -0.2) is 0 Å². The van der Waals surface area contributed by atoms with Crippen LogP contribution in [0.1, 0.15) is 18.1 Å². The number of anilines is 1. The maximum absolute atomic E-state index is 11.9. The van der Waals surface area contributed by atoms with E-state index in [1.165, 1.54) is 5.56 Å². The molecular weight excluding hydrogens is 238 g/mol. The Balaban J connectivity index is 2.29. The summed E-state index contributed by atoms with van der Waals surface area (Å²) in [6, 6.07) is 6.12. The third-order valence-electron chi connectivity index (χ3n) is 2.96. The molecule has 0 radical (unpaired) electrons. The molecule has 0 N–H and O–H groups in total. The lowest BCUT2D eigenvalue weighted by molar-refractivity contribution is -0.117. The van der Waals surface area contributed by atoms with Crippen molar-refractivity contribution in [2.24, 2.45) is 0 Å². The van der Waals surface area contributed by atoms with Crippen LogP contribution in [0.3, 0.4) is 0 Å². The normalized spacial score (nSPS) is 15.8. The molecule has 2 rings (SSSR count). The zero-order valence-corrected chi connectivity index (χ0v) is 10.8. The van der Waals surface area contributed by atoms with Gasteiger partial charge in [-0.15, -0.1) is 11.6 Å². The summed E-state index contributed by atoms with van der Waals surface area (Å²) in [4.78, 5) is 13.7. The van der Waals surface area contributed by atoms with E-state index in [9.17, 15) is 4.79 Å². The Morgan fingerprint density at radius 2 is 2.35 bits per heavy atom. The first-order valence-electron chi connectivity index (χ1n) is 5.69. The van der Waals surface area contributed by atoms with Gasteiger partial charge in [0, 0.05) is 19.3 Å². The van der Waals surface area contributed by atoms with Crippen LogP contribution in [0.2, 0.25) is 0 Å². The molecule has 0 saturated heterocycles. The van der Waals surface area contributed by atoms with Gasteiger partial charge >= 0.3 is 0 Å². The highest BCUT2D eigenvalue weighted by Crippen LogP contribution is 2.30. The van der Waals surface area contributed by atoms with Gasteiger partial charge in [-0.1, -0.05) is 12.1 Å².